The first-order valence-corrected chi connectivity index (χ1v) is 10.1. The molecule has 4 rings (SSSR count). The zero-order chi connectivity index (χ0) is 21.3. The van der Waals surface area contributed by atoms with Crippen LogP contribution in [0.1, 0.15) is 48.5 Å². The predicted octanol–water partition coefficient (Wildman–Crippen LogP) is 4.12. The Balaban J connectivity index is 1.73. The Bertz CT molecular complexity index is 1050. The molecule has 1 aliphatic heterocycles. The van der Waals surface area contributed by atoms with Gasteiger partial charge in [0.25, 0.3) is 5.91 Å². The molecule has 2 aliphatic rings. The number of nitriles is 1. The maximum absolute atomic E-state index is 13.4. The van der Waals surface area contributed by atoms with E-state index in [9.17, 15) is 14.9 Å². The van der Waals surface area contributed by atoms with E-state index in [2.05, 4.69) is 11.1 Å². The van der Waals surface area contributed by atoms with E-state index in [-0.39, 0.29) is 17.7 Å². The number of hydrogen-bond donors (Lipinski definition) is 0. The topological polar surface area (TPSA) is 82.8 Å². The number of aliphatic imine (C=N–C) groups is 1. The normalized spacial score (nSPS) is 20.6. The molecule has 0 spiro atoms. The SMILES string of the molecule is CCOc1ccc(N2C(=O)c3ccccc3[C@H](C=N[C@@](C)(C#N)C3CC3)C2=O)cc1. The number of anilines is 1. The number of carbonyl (C=O) groups is 2. The quantitative estimate of drug-likeness (QED) is 0.538. The monoisotopic (exact) mass is 401 g/mol. The average Bonchev–Trinajstić information content (AvgIpc) is 3.61. The summed E-state index contributed by atoms with van der Waals surface area (Å²) in [6.45, 7) is 4.23. The van der Waals surface area contributed by atoms with Crippen molar-refractivity contribution in [2.24, 2.45) is 10.9 Å². The standard InChI is InChI=1S/C24H23N3O3/c1-3-30-18-12-10-17(11-13-18)27-22(28)20-7-5-4-6-19(20)21(23(27)29)14-26-24(2,15-25)16-8-9-16/h4-7,10-14,16,21H,3,8-9H2,1-2H3/t21-,24-/m0/s1. The van der Waals surface area contributed by atoms with Crippen molar-refractivity contribution in [2.75, 3.05) is 11.5 Å². The molecule has 0 unspecified atom stereocenters. The van der Waals surface area contributed by atoms with E-state index in [1.165, 1.54) is 4.90 Å². The lowest BCUT2D eigenvalue weighted by Crippen LogP contribution is -2.45. The van der Waals surface area contributed by atoms with Crippen LogP contribution >= 0.6 is 0 Å². The maximum atomic E-state index is 13.4. The number of fused-ring (bicyclic) bond motifs is 1. The first-order valence-electron chi connectivity index (χ1n) is 10.1. The molecular formula is C24H23N3O3. The highest BCUT2D eigenvalue weighted by Crippen LogP contribution is 2.42. The summed E-state index contributed by atoms with van der Waals surface area (Å²) in [7, 11) is 0. The molecule has 1 aliphatic carbocycles. The molecule has 152 valence electrons. The zero-order valence-corrected chi connectivity index (χ0v) is 17.0. The first kappa shape index (κ1) is 19.8. The molecule has 0 saturated heterocycles. The lowest BCUT2D eigenvalue weighted by Gasteiger charge is -2.31. The summed E-state index contributed by atoms with van der Waals surface area (Å²) in [6.07, 6.45) is 3.48. The van der Waals surface area contributed by atoms with Gasteiger partial charge in [-0.15, -0.1) is 0 Å². The molecule has 0 bridgehead atoms. The summed E-state index contributed by atoms with van der Waals surface area (Å²) in [4.78, 5) is 32.3. The molecular weight excluding hydrogens is 378 g/mol. The summed E-state index contributed by atoms with van der Waals surface area (Å²) in [5.74, 6) is -0.573. The van der Waals surface area contributed by atoms with Crippen LogP contribution in [-0.2, 0) is 4.79 Å². The van der Waals surface area contributed by atoms with E-state index in [0.717, 1.165) is 12.8 Å². The highest BCUT2D eigenvalue weighted by Gasteiger charge is 2.43. The second kappa shape index (κ2) is 7.75. The number of rotatable bonds is 6. The highest BCUT2D eigenvalue weighted by atomic mass is 16.5. The van der Waals surface area contributed by atoms with Crippen molar-refractivity contribution in [3.63, 3.8) is 0 Å². The lowest BCUT2D eigenvalue weighted by atomic mass is 9.88. The van der Waals surface area contributed by atoms with Gasteiger partial charge in [-0.05, 0) is 68.5 Å². The van der Waals surface area contributed by atoms with Crippen molar-refractivity contribution in [2.45, 2.75) is 38.1 Å². The largest absolute Gasteiger partial charge is 0.494 e. The second-order valence-electron chi connectivity index (χ2n) is 7.78. The minimum absolute atomic E-state index is 0.219. The molecule has 2 atom stereocenters. The van der Waals surface area contributed by atoms with Crippen LogP contribution in [0.25, 0.3) is 0 Å². The Morgan fingerprint density at radius 1 is 1.20 bits per heavy atom. The molecule has 2 amide bonds. The number of nitrogens with zero attached hydrogens (tertiary/aromatic N) is 3. The van der Waals surface area contributed by atoms with E-state index < -0.39 is 11.5 Å². The summed E-state index contributed by atoms with van der Waals surface area (Å²) in [5, 5.41) is 9.60. The Morgan fingerprint density at radius 2 is 1.90 bits per heavy atom. The summed E-state index contributed by atoms with van der Waals surface area (Å²) in [5.41, 5.74) is 0.717. The fraction of sp³-hybridized carbons (Fsp3) is 0.333. The van der Waals surface area contributed by atoms with Crippen LogP contribution in [-0.4, -0.2) is 30.2 Å². The number of amides is 2. The molecule has 1 saturated carbocycles. The van der Waals surface area contributed by atoms with Crippen molar-refractivity contribution in [3.8, 4) is 11.8 Å². The number of carbonyl (C=O) groups excluding carboxylic acids is 2. The minimum atomic E-state index is -0.847. The van der Waals surface area contributed by atoms with Crippen molar-refractivity contribution >= 4 is 23.7 Å². The highest BCUT2D eigenvalue weighted by molar-refractivity contribution is 6.29. The fourth-order valence-corrected chi connectivity index (χ4v) is 3.80. The van der Waals surface area contributed by atoms with Crippen LogP contribution in [0.2, 0.25) is 0 Å². The molecule has 2 aromatic rings. The molecule has 1 heterocycles. The number of benzene rings is 2. The van der Waals surface area contributed by atoms with Gasteiger partial charge in [0.05, 0.1) is 24.3 Å². The Morgan fingerprint density at radius 3 is 2.53 bits per heavy atom. The van der Waals surface area contributed by atoms with Gasteiger partial charge < -0.3 is 4.74 Å². The van der Waals surface area contributed by atoms with Crippen LogP contribution in [0.15, 0.2) is 53.5 Å². The third-order valence-corrected chi connectivity index (χ3v) is 5.71. The lowest BCUT2D eigenvalue weighted by molar-refractivity contribution is -0.118. The van der Waals surface area contributed by atoms with Gasteiger partial charge in [0.1, 0.15) is 11.3 Å². The smallest absolute Gasteiger partial charge is 0.265 e. The van der Waals surface area contributed by atoms with Crippen LogP contribution in [0.3, 0.4) is 0 Å². The number of imide groups is 1. The van der Waals surface area contributed by atoms with Gasteiger partial charge in [-0.2, -0.15) is 5.26 Å². The molecule has 6 heteroatoms. The molecule has 30 heavy (non-hydrogen) atoms. The Kier molecular flexibility index (Phi) is 5.13. The third-order valence-electron chi connectivity index (χ3n) is 5.71. The molecule has 2 aromatic carbocycles. The molecule has 1 fully saturated rings. The van der Waals surface area contributed by atoms with Gasteiger partial charge in [-0.3, -0.25) is 14.6 Å². The molecule has 0 aromatic heterocycles. The van der Waals surface area contributed by atoms with Gasteiger partial charge in [0.15, 0.2) is 0 Å². The van der Waals surface area contributed by atoms with E-state index in [1.54, 1.807) is 61.7 Å². The summed E-state index contributed by atoms with van der Waals surface area (Å²) >= 11 is 0. The average molecular weight is 401 g/mol. The summed E-state index contributed by atoms with van der Waals surface area (Å²) < 4.78 is 5.46. The molecule has 0 radical (unpaired) electrons. The van der Waals surface area contributed by atoms with Gasteiger partial charge in [0, 0.05) is 11.8 Å². The van der Waals surface area contributed by atoms with Gasteiger partial charge in [-0.1, -0.05) is 18.2 Å². The maximum Gasteiger partial charge on any atom is 0.265 e. The van der Waals surface area contributed by atoms with Gasteiger partial charge in [0.2, 0.25) is 5.91 Å². The third kappa shape index (κ3) is 3.48. The van der Waals surface area contributed by atoms with Crippen molar-refractivity contribution in [1.29, 1.82) is 5.26 Å². The Labute approximate surface area is 175 Å². The Hall–Kier alpha value is -3.46. The van der Waals surface area contributed by atoms with E-state index in [4.69, 9.17) is 4.74 Å². The molecule has 6 nitrogen and oxygen atoms in total. The number of ether oxygens (including phenoxy) is 1. The summed E-state index contributed by atoms with van der Waals surface area (Å²) in [6, 6.07) is 16.2. The van der Waals surface area contributed by atoms with Crippen LogP contribution in [0.4, 0.5) is 5.69 Å². The second-order valence-corrected chi connectivity index (χ2v) is 7.78. The predicted molar refractivity (Wildman–Crippen MR) is 114 cm³/mol. The van der Waals surface area contributed by atoms with E-state index in [0.29, 0.717) is 29.2 Å². The van der Waals surface area contributed by atoms with Crippen LogP contribution in [0, 0.1) is 17.2 Å². The van der Waals surface area contributed by atoms with Gasteiger partial charge >= 0.3 is 0 Å². The van der Waals surface area contributed by atoms with E-state index in [1.807, 2.05) is 6.92 Å². The van der Waals surface area contributed by atoms with Crippen LogP contribution < -0.4 is 9.64 Å². The van der Waals surface area contributed by atoms with Crippen molar-refractivity contribution < 1.29 is 14.3 Å². The van der Waals surface area contributed by atoms with Crippen molar-refractivity contribution in [1.82, 2.24) is 0 Å². The van der Waals surface area contributed by atoms with E-state index >= 15 is 0 Å². The zero-order valence-electron chi connectivity index (χ0n) is 17.0. The minimum Gasteiger partial charge on any atom is -0.494 e. The molecule has 0 N–H and O–H groups in total. The van der Waals surface area contributed by atoms with Crippen LogP contribution in [0.5, 0.6) is 5.75 Å². The number of hydrogen-bond acceptors (Lipinski definition) is 5. The first-order chi connectivity index (χ1) is 14.5. The van der Waals surface area contributed by atoms with Gasteiger partial charge in [-0.25, -0.2) is 4.90 Å². The van der Waals surface area contributed by atoms with Crippen molar-refractivity contribution in [3.05, 3.63) is 59.7 Å². The fourth-order valence-electron chi connectivity index (χ4n) is 3.80.